The molecule has 0 atom stereocenters. The first kappa shape index (κ1) is 25.7. The molecule has 0 aromatic carbocycles. The van der Waals surface area contributed by atoms with E-state index in [0.29, 0.717) is 0 Å². The standard InChI is InChI=1S/C8H18O.2C3H8O3/c1-7(2,3)9-8(4,5)6;2*4-1-3(6)2-5/h1-6H3;2*3-6H,1-2H2. The number of hydrogen-bond donors (Lipinski definition) is 6. The van der Waals surface area contributed by atoms with Gasteiger partial charge in [0.05, 0.1) is 37.6 Å². The second-order valence-electron chi connectivity index (χ2n) is 6.36. The van der Waals surface area contributed by atoms with Crippen LogP contribution in [-0.4, -0.2) is 80.5 Å². The lowest BCUT2D eigenvalue weighted by atomic mass is 10.1. The van der Waals surface area contributed by atoms with Gasteiger partial charge in [0, 0.05) is 0 Å². The van der Waals surface area contributed by atoms with Gasteiger partial charge < -0.3 is 35.4 Å². The van der Waals surface area contributed by atoms with Gasteiger partial charge in [-0.25, -0.2) is 0 Å². The predicted octanol–water partition coefficient (Wildman–Crippen LogP) is -0.736. The maximum Gasteiger partial charge on any atom is 0.100 e. The summed E-state index contributed by atoms with van der Waals surface area (Å²) in [7, 11) is 0. The van der Waals surface area contributed by atoms with E-state index in [0.717, 1.165) is 0 Å². The molecular formula is C14H34O7. The molecule has 0 saturated carbocycles. The molecule has 21 heavy (non-hydrogen) atoms. The van der Waals surface area contributed by atoms with Crippen molar-refractivity contribution in [1.82, 2.24) is 0 Å². The van der Waals surface area contributed by atoms with E-state index in [1.165, 1.54) is 0 Å². The Morgan fingerprint density at radius 3 is 0.810 bits per heavy atom. The third-order valence-electron chi connectivity index (χ3n) is 1.46. The van der Waals surface area contributed by atoms with Crippen molar-refractivity contribution in [3.63, 3.8) is 0 Å². The van der Waals surface area contributed by atoms with Gasteiger partial charge >= 0.3 is 0 Å². The van der Waals surface area contributed by atoms with E-state index in [-0.39, 0.29) is 37.6 Å². The average molecular weight is 314 g/mol. The van der Waals surface area contributed by atoms with Crippen molar-refractivity contribution in [2.75, 3.05) is 26.4 Å². The Kier molecular flexibility index (Phi) is 16.4. The first-order chi connectivity index (χ1) is 9.32. The number of aliphatic hydroxyl groups is 6. The predicted molar refractivity (Wildman–Crippen MR) is 80.9 cm³/mol. The van der Waals surface area contributed by atoms with E-state index in [1.54, 1.807) is 0 Å². The van der Waals surface area contributed by atoms with Crippen molar-refractivity contribution in [2.24, 2.45) is 0 Å². The van der Waals surface area contributed by atoms with Gasteiger partial charge in [-0.2, -0.15) is 0 Å². The monoisotopic (exact) mass is 314 g/mol. The van der Waals surface area contributed by atoms with Crippen molar-refractivity contribution in [1.29, 1.82) is 0 Å². The molecule has 0 radical (unpaired) electrons. The molecule has 0 aliphatic carbocycles. The SMILES string of the molecule is CC(C)(C)OC(C)(C)C.OCC(O)CO.OCC(O)CO. The molecule has 0 fully saturated rings. The van der Waals surface area contributed by atoms with Crippen LogP contribution in [0, 0.1) is 0 Å². The van der Waals surface area contributed by atoms with Crippen LogP contribution in [0.25, 0.3) is 0 Å². The highest BCUT2D eigenvalue weighted by atomic mass is 16.5. The molecular weight excluding hydrogens is 280 g/mol. The normalized spacial score (nSPS) is 11.7. The Morgan fingerprint density at radius 2 is 0.810 bits per heavy atom. The van der Waals surface area contributed by atoms with Crippen molar-refractivity contribution in [3.8, 4) is 0 Å². The van der Waals surface area contributed by atoms with Gasteiger partial charge in [0.2, 0.25) is 0 Å². The summed E-state index contributed by atoms with van der Waals surface area (Å²) in [6.45, 7) is 10.9. The maximum atomic E-state index is 8.17. The molecule has 132 valence electrons. The molecule has 0 saturated heterocycles. The molecule has 0 bridgehead atoms. The van der Waals surface area contributed by atoms with Crippen molar-refractivity contribution < 1.29 is 35.4 Å². The van der Waals surface area contributed by atoms with Crippen LogP contribution < -0.4 is 0 Å². The first-order valence-electron chi connectivity index (χ1n) is 6.82. The van der Waals surface area contributed by atoms with Gasteiger partial charge in [0.1, 0.15) is 12.2 Å². The van der Waals surface area contributed by atoms with E-state index < -0.39 is 12.2 Å². The minimum atomic E-state index is -0.954. The highest BCUT2D eigenvalue weighted by molar-refractivity contribution is 4.68. The molecule has 0 aromatic heterocycles. The fourth-order valence-electron chi connectivity index (χ4n) is 1.03. The zero-order valence-corrected chi connectivity index (χ0v) is 14.1. The smallest absolute Gasteiger partial charge is 0.100 e. The highest BCUT2D eigenvalue weighted by Gasteiger charge is 2.19. The molecule has 0 aromatic rings. The van der Waals surface area contributed by atoms with Crippen LogP contribution in [-0.2, 0) is 4.74 Å². The van der Waals surface area contributed by atoms with Crippen LogP contribution in [0.4, 0.5) is 0 Å². The summed E-state index contributed by atoms with van der Waals surface area (Å²) >= 11 is 0. The van der Waals surface area contributed by atoms with E-state index in [2.05, 4.69) is 41.5 Å². The van der Waals surface area contributed by atoms with E-state index >= 15 is 0 Å². The highest BCUT2D eigenvalue weighted by Crippen LogP contribution is 2.17. The third-order valence-corrected chi connectivity index (χ3v) is 1.46. The van der Waals surface area contributed by atoms with E-state index in [4.69, 9.17) is 35.4 Å². The van der Waals surface area contributed by atoms with Gasteiger partial charge in [-0.1, -0.05) is 0 Å². The molecule has 6 N–H and O–H groups in total. The van der Waals surface area contributed by atoms with E-state index in [1.807, 2.05) is 0 Å². The van der Waals surface area contributed by atoms with Crippen LogP contribution in [0.5, 0.6) is 0 Å². The molecule has 0 rings (SSSR count). The number of hydrogen-bond acceptors (Lipinski definition) is 7. The summed E-state index contributed by atoms with van der Waals surface area (Å²) in [5, 5.41) is 48.0. The zero-order valence-electron chi connectivity index (χ0n) is 14.1. The lowest BCUT2D eigenvalue weighted by Crippen LogP contribution is -2.31. The molecule has 0 amide bonds. The Balaban J connectivity index is -0.000000240. The lowest BCUT2D eigenvalue weighted by Gasteiger charge is -2.30. The Hall–Kier alpha value is -0.280. The number of ether oxygens (including phenoxy) is 1. The van der Waals surface area contributed by atoms with Gasteiger partial charge in [0.15, 0.2) is 0 Å². The van der Waals surface area contributed by atoms with Crippen LogP contribution in [0.2, 0.25) is 0 Å². The van der Waals surface area contributed by atoms with Crippen molar-refractivity contribution in [3.05, 3.63) is 0 Å². The number of aliphatic hydroxyl groups excluding tert-OH is 6. The fourth-order valence-corrected chi connectivity index (χ4v) is 1.03. The largest absolute Gasteiger partial charge is 0.394 e. The Bertz CT molecular complexity index is 178. The topological polar surface area (TPSA) is 131 Å². The average Bonchev–Trinajstić information content (AvgIpc) is 2.33. The second kappa shape index (κ2) is 13.4. The Labute approximate surface area is 127 Å². The van der Waals surface area contributed by atoms with Crippen LogP contribution in [0.15, 0.2) is 0 Å². The number of rotatable bonds is 4. The van der Waals surface area contributed by atoms with Crippen LogP contribution >= 0.6 is 0 Å². The van der Waals surface area contributed by atoms with Gasteiger partial charge in [-0.15, -0.1) is 0 Å². The molecule has 7 heteroatoms. The zero-order chi connectivity index (χ0) is 17.7. The third kappa shape index (κ3) is 32.9. The summed E-state index contributed by atoms with van der Waals surface area (Å²) in [5.74, 6) is 0. The van der Waals surface area contributed by atoms with Crippen molar-refractivity contribution >= 4 is 0 Å². The second-order valence-corrected chi connectivity index (χ2v) is 6.36. The molecule has 0 heterocycles. The van der Waals surface area contributed by atoms with Gasteiger partial charge in [0.25, 0.3) is 0 Å². The molecule has 0 aliphatic heterocycles. The summed E-state index contributed by atoms with van der Waals surface area (Å²) in [6.07, 6.45) is -1.91. The summed E-state index contributed by atoms with van der Waals surface area (Å²) in [4.78, 5) is 0. The van der Waals surface area contributed by atoms with Crippen molar-refractivity contribution in [2.45, 2.75) is 65.0 Å². The summed E-state index contributed by atoms with van der Waals surface area (Å²) in [6, 6.07) is 0. The first-order valence-corrected chi connectivity index (χ1v) is 6.82. The molecule has 0 aliphatic rings. The molecule has 0 spiro atoms. The fraction of sp³-hybridized carbons (Fsp3) is 1.00. The quantitative estimate of drug-likeness (QED) is 0.403. The van der Waals surface area contributed by atoms with Crippen LogP contribution in [0.1, 0.15) is 41.5 Å². The summed E-state index contributed by atoms with van der Waals surface area (Å²) in [5.41, 5.74) is -0.0312. The lowest BCUT2D eigenvalue weighted by molar-refractivity contribution is -0.102. The van der Waals surface area contributed by atoms with Gasteiger partial charge in [-0.05, 0) is 41.5 Å². The van der Waals surface area contributed by atoms with Gasteiger partial charge in [-0.3, -0.25) is 0 Å². The molecule has 0 unspecified atom stereocenters. The Morgan fingerprint density at radius 1 is 0.619 bits per heavy atom. The van der Waals surface area contributed by atoms with E-state index in [9.17, 15) is 0 Å². The molecule has 7 nitrogen and oxygen atoms in total. The maximum absolute atomic E-state index is 8.17. The minimum absolute atomic E-state index is 0.0156. The van der Waals surface area contributed by atoms with Crippen LogP contribution in [0.3, 0.4) is 0 Å². The summed E-state index contributed by atoms with van der Waals surface area (Å²) < 4.78 is 5.62. The minimum Gasteiger partial charge on any atom is -0.394 e.